The predicted molar refractivity (Wildman–Crippen MR) is 110 cm³/mol. The van der Waals surface area contributed by atoms with Gasteiger partial charge in [-0.1, -0.05) is 23.2 Å². The second-order valence-corrected chi connectivity index (χ2v) is 6.47. The van der Waals surface area contributed by atoms with Crippen molar-refractivity contribution < 1.29 is 18.3 Å². The second kappa shape index (κ2) is 12.0. The minimum Gasteiger partial charge on any atom is -0.433 e. The van der Waals surface area contributed by atoms with E-state index in [0.717, 1.165) is 12.5 Å². The lowest BCUT2D eigenvalue weighted by Crippen LogP contribution is -2.38. The van der Waals surface area contributed by atoms with E-state index in [1.807, 2.05) is 0 Å². The Labute approximate surface area is 178 Å². The molecular formula is C16H22Cl2F2IN3O2. The zero-order valence-electron chi connectivity index (χ0n) is 14.2. The van der Waals surface area contributed by atoms with Gasteiger partial charge in [0.1, 0.15) is 5.75 Å². The van der Waals surface area contributed by atoms with Crippen molar-refractivity contribution in [2.24, 2.45) is 10.9 Å². The fourth-order valence-corrected chi connectivity index (χ4v) is 2.72. The monoisotopic (exact) mass is 523 g/mol. The third-order valence-electron chi connectivity index (χ3n) is 3.55. The van der Waals surface area contributed by atoms with Crippen molar-refractivity contribution in [1.82, 2.24) is 10.6 Å². The van der Waals surface area contributed by atoms with Gasteiger partial charge in [-0.15, -0.1) is 24.0 Å². The first-order chi connectivity index (χ1) is 12.0. The maximum absolute atomic E-state index is 12.6. The minimum absolute atomic E-state index is 0. The molecule has 1 aliphatic rings. The number of hydrogen-bond acceptors (Lipinski definition) is 3. The smallest absolute Gasteiger partial charge is 0.387 e. The highest BCUT2D eigenvalue weighted by Crippen LogP contribution is 2.33. The van der Waals surface area contributed by atoms with Gasteiger partial charge in [-0.2, -0.15) is 8.78 Å². The van der Waals surface area contributed by atoms with Crippen LogP contribution in [0.1, 0.15) is 18.4 Å². The molecule has 0 spiro atoms. The molecule has 10 heteroatoms. The molecule has 1 aromatic rings. The van der Waals surface area contributed by atoms with Gasteiger partial charge in [-0.25, -0.2) is 0 Å². The zero-order chi connectivity index (χ0) is 18.2. The molecule has 5 nitrogen and oxygen atoms in total. The lowest BCUT2D eigenvalue weighted by Gasteiger charge is -2.16. The molecule has 26 heavy (non-hydrogen) atoms. The van der Waals surface area contributed by atoms with E-state index in [2.05, 4.69) is 20.4 Å². The van der Waals surface area contributed by atoms with Crippen molar-refractivity contribution in [3.05, 3.63) is 27.7 Å². The molecule has 1 aromatic carbocycles. The number of alkyl halides is 2. The lowest BCUT2D eigenvalue weighted by molar-refractivity contribution is -0.0504. The van der Waals surface area contributed by atoms with E-state index in [0.29, 0.717) is 29.7 Å². The Morgan fingerprint density at radius 3 is 2.65 bits per heavy atom. The Morgan fingerprint density at radius 2 is 2.04 bits per heavy atom. The molecule has 0 radical (unpaired) electrons. The van der Waals surface area contributed by atoms with Gasteiger partial charge in [-0.05, 0) is 30.9 Å². The van der Waals surface area contributed by atoms with E-state index in [4.69, 9.17) is 27.9 Å². The third-order valence-corrected chi connectivity index (χ3v) is 4.05. The van der Waals surface area contributed by atoms with Gasteiger partial charge in [0.15, 0.2) is 5.96 Å². The van der Waals surface area contributed by atoms with Crippen molar-refractivity contribution in [2.45, 2.75) is 26.0 Å². The van der Waals surface area contributed by atoms with Gasteiger partial charge in [0.05, 0.1) is 11.6 Å². The quantitative estimate of drug-likeness (QED) is 0.219. The predicted octanol–water partition coefficient (Wildman–Crippen LogP) is 4.30. The van der Waals surface area contributed by atoms with Gasteiger partial charge >= 0.3 is 6.61 Å². The van der Waals surface area contributed by atoms with Crippen LogP contribution in [0.15, 0.2) is 17.1 Å². The summed E-state index contributed by atoms with van der Waals surface area (Å²) in [7, 11) is 1.61. The van der Waals surface area contributed by atoms with Crippen LogP contribution in [0.4, 0.5) is 8.78 Å². The van der Waals surface area contributed by atoms with Gasteiger partial charge in [0, 0.05) is 37.3 Å². The summed E-state index contributed by atoms with van der Waals surface area (Å²) in [5.41, 5.74) is 0.408. The maximum Gasteiger partial charge on any atom is 0.387 e. The molecular weight excluding hydrogens is 502 g/mol. The molecule has 1 fully saturated rings. The highest BCUT2D eigenvalue weighted by atomic mass is 127. The summed E-state index contributed by atoms with van der Waals surface area (Å²) in [4.78, 5) is 4.07. The number of nitrogens with one attached hydrogen (secondary N) is 2. The van der Waals surface area contributed by atoms with E-state index in [9.17, 15) is 8.78 Å². The number of nitrogens with zero attached hydrogens (tertiary/aromatic N) is 1. The Bertz CT molecular complexity index is 605. The standard InChI is InChI=1S/C16H21Cl2F2N3O2.HI/c1-21-16(22-4-5-24-9-10-2-3-10)23-8-11-6-12(17)7-13(18)14(11)25-15(19)20;/h6-7,10,15H,2-5,8-9H2,1H3,(H2,21,22,23);1H. The van der Waals surface area contributed by atoms with Crippen LogP contribution in [-0.4, -0.2) is 39.4 Å². The molecule has 148 valence electrons. The molecule has 0 amide bonds. The first-order valence-electron chi connectivity index (χ1n) is 7.94. The normalized spacial score (nSPS) is 14.2. The van der Waals surface area contributed by atoms with Gasteiger partial charge < -0.3 is 20.1 Å². The summed E-state index contributed by atoms with van der Waals surface area (Å²) in [5.74, 6) is 1.13. The van der Waals surface area contributed by atoms with Crippen LogP contribution in [0.5, 0.6) is 5.75 Å². The van der Waals surface area contributed by atoms with Crippen LogP contribution in [0.25, 0.3) is 0 Å². The first-order valence-corrected chi connectivity index (χ1v) is 8.70. The van der Waals surface area contributed by atoms with Crippen LogP contribution in [0.2, 0.25) is 10.0 Å². The fourth-order valence-electron chi connectivity index (χ4n) is 2.14. The molecule has 0 aliphatic heterocycles. The average Bonchev–Trinajstić information content (AvgIpc) is 3.37. The van der Waals surface area contributed by atoms with Crippen molar-refractivity contribution in [1.29, 1.82) is 0 Å². The molecule has 0 unspecified atom stereocenters. The van der Waals surface area contributed by atoms with Crippen LogP contribution < -0.4 is 15.4 Å². The molecule has 2 N–H and O–H groups in total. The van der Waals surface area contributed by atoms with E-state index < -0.39 is 6.61 Å². The summed E-state index contributed by atoms with van der Waals surface area (Å²) in [5, 5.41) is 6.45. The molecule has 0 bridgehead atoms. The van der Waals surface area contributed by atoms with E-state index >= 15 is 0 Å². The Hall–Kier alpha value is -0.580. The Morgan fingerprint density at radius 1 is 1.31 bits per heavy atom. The summed E-state index contributed by atoms with van der Waals surface area (Å²) in [6, 6.07) is 2.87. The minimum atomic E-state index is -2.97. The number of rotatable bonds is 9. The van der Waals surface area contributed by atoms with Gasteiger partial charge in [-0.3, -0.25) is 4.99 Å². The van der Waals surface area contributed by atoms with Crippen LogP contribution in [0, 0.1) is 5.92 Å². The summed E-state index contributed by atoms with van der Waals surface area (Å²) in [6.45, 7) is -0.852. The number of halogens is 5. The first kappa shape index (κ1) is 23.5. The SMILES string of the molecule is CN=C(NCCOCC1CC1)NCc1cc(Cl)cc(Cl)c1OC(F)F.I. The van der Waals surface area contributed by atoms with E-state index in [1.54, 1.807) is 7.05 Å². The van der Waals surface area contributed by atoms with Crippen molar-refractivity contribution in [3.63, 3.8) is 0 Å². The van der Waals surface area contributed by atoms with Crippen LogP contribution in [-0.2, 0) is 11.3 Å². The third kappa shape index (κ3) is 8.41. The van der Waals surface area contributed by atoms with Gasteiger partial charge in [0.2, 0.25) is 0 Å². The van der Waals surface area contributed by atoms with Crippen LogP contribution in [0.3, 0.4) is 0 Å². The largest absolute Gasteiger partial charge is 0.433 e. The highest BCUT2D eigenvalue weighted by molar-refractivity contribution is 14.0. The van der Waals surface area contributed by atoms with E-state index in [1.165, 1.54) is 25.0 Å². The molecule has 2 rings (SSSR count). The van der Waals surface area contributed by atoms with Gasteiger partial charge in [0.25, 0.3) is 0 Å². The second-order valence-electron chi connectivity index (χ2n) is 5.63. The Kier molecular flexibility index (Phi) is 10.8. The summed E-state index contributed by atoms with van der Waals surface area (Å²) >= 11 is 11.9. The summed E-state index contributed by atoms with van der Waals surface area (Å²) in [6.07, 6.45) is 2.50. The molecule has 1 aliphatic carbocycles. The average molecular weight is 524 g/mol. The molecule has 0 saturated heterocycles. The number of guanidine groups is 1. The zero-order valence-corrected chi connectivity index (χ0v) is 18.1. The molecule has 0 aromatic heterocycles. The fraction of sp³-hybridized carbons (Fsp3) is 0.562. The number of ether oxygens (including phenoxy) is 2. The molecule has 0 atom stereocenters. The van der Waals surface area contributed by atoms with Crippen LogP contribution >= 0.6 is 47.2 Å². The van der Waals surface area contributed by atoms with Crippen molar-refractivity contribution in [2.75, 3.05) is 26.8 Å². The Balaban J connectivity index is 0.00000338. The number of benzene rings is 1. The van der Waals surface area contributed by atoms with Crippen molar-refractivity contribution >= 4 is 53.1 Å². The lowest BCUT2D eigenvalue weighted by atomic mass is 10.2. The number of aliphatic imine (C=N–C) groups is 1. The van der Waals surface area contributed by atoms with Crippen molar-refractivity contribution in [3.8, 4) is 5.75 Å². The maximum atomic E-state index is 12.6. The van der Waals surface area contributed by atoms with E-state index in [-0.39, 0.29) is 41.3 Å². The number of hydrogen-bond donors (Lipinski definition) is 2. The molecule has 1 saturated carbocycles. The summed E-state index contributed by atoms with van der Waals surface area (Å²) < 4.78 is 35.1. The highest BCUT2D eigenvalue weighted by Gasteiger charge is 2.20. The molecule has 0 heterocycles. The topological polar surface area (TPSA) is 54.9 Å².